The Kier molecular flexibility index (Phi) is 4.12. The van der Waals surface area contributed by atoms with Crippen molar-refractivity contribution in [1.82, 2.24) is 16.0 Å². The summed E-state index contributed by atoms with van der Waals surface area (Å²) in [5.74, 6) is 0.604. The maximum absolute atomic E-state index is 8.78. The highest BCUT2D eigenvalue weighted by Gasteiger charge is 2.27. The van der Waals surface area contributed by atoms with Crippen molar-refractivity contribution in [2.24, 2.45) is 5.92 Å². The van der Waals surface area contributed by atoms with Crippen LogP contribution in [0.15, 0.2) is 23.8 Å². The molecule has 2 rings (SSSR count). The minimum Gasteiger partial charge on any atom is -0.381 e. The van der Waals surface area contributed by atoms with E-state index in [0.717, 1.165) is 19.5 Å². The first kappa shape index (κ1) is 11.8. The molecule has 4 heteroatoms. The summed E-state index contributed by atoms with van der Waals surface area (Å²) in [5.41, 5.74) is 1.45. The lowest BCUT2D eigenvalue weighted by Gasteiger charge is -2.36. The summed E-state index contributed by atoms with van der Waals surface area (Å²) in [5, 5.41) is 18.7. The largest absolute Gasteiger partial charge is 0.381 e. The molecule has 90 valence electrons. The van der Waals surface area contributed by atoms with Gasteiger partial charge in [0.2, 0.25) is 0 Å². The van der Waals surface area contributed by atoms with Gasteiger partial charge in [0.1, 0.15) is 0 Å². The molecule has 0 amide bonds. The smallest absolute Gasteiger partial charge is 0.0943 e. The molecule has 3 atom stereocenters. The molecule has 0 aromatic carbocycles. The number of hydrogen-bond acceptors (Lipinski definition) is 4. The number of rotatable bonds is 3. The van der Waals surface area contributed by atoms with E-state index in [0.29, 0.717) is 12.0 Å². The van der Waals surface area contributed by atoms with Crippen LogP contribution in [0.5, 0.6) is 0 Å². The summed E-state index contributed by atoms with van der Waals surface area (Å²) in [7, 11) is 0. The Hall–Kier alpha value is -0.680. The highest BCUT2D eigenvalue weighted by Crippen LogP contribution is 2.24. The molecule has 1 fully saturated rings. The summed E-state index contributed by atoms with van der Waals surface area (Å²) < 4.78 is 0. The fourth-order valence-electron chi connectivity index (χ4n) is 2.46. The summed E-state index contributed by atoms with van der Waals surface area (Å²) in [6.07, 6.45) is 7.88. The van der Waals surface area contributed by atoms with E-state index in [2.05, 4.69) is 41.1 Å². The zero-order valence-electron chi connectivity index (χ0n) is 9.74. The Morgan fingerprint density at radius 3 is 2.94 bits per heavy atom. The van der Waals surface area contributed by atoms with Gasteiger partial charge in [-0.05, 0) is 19.3 Å². The Morgan fingerprint density at radius 1 is 1.44 bits per heavy atom. The molecule has 0 radical (unpaired) electrons. The summed E-state index contributed by atoms with van der Waals surface area (Å²) in [6.45, 7) is 4.03. The SMILES string of the molecule is CC1=CC=CCC1[C@@H]1CNC(NCO)CN1. The van der Waals surface area contributed by atoms with Gasteiger partial charge in [0.25, 0.3) is 0 Å². The average Bonchev–Trinajstić information content (AvgIpc) is 2.31. The van der Waals surface area contributed by atoms with Crippen LogP contribution < -0.4 is 16.0 Å². The number of hydrogen-bond donors (Lipinski definition) is 4. The second-order valence-electron chi connectivity index (χ2n) is 4.52. The Morgan fingerprint density at radius 2 is 2.31 bits per heavy atom. The van der Waals surface area contributed by atoms with Crippen LogP contribution in [0.3, 0.4) is 0 Å². The fraction of sp³-hybridized carbons (Fsp3) is 0.667. The van der Waals surface area contributed by atoms with E-state index in [9.17, 15) is 0 Å². The molecule has 4 nitrogen and oxygen atoms in total. The zero-order valence-corrected chi connectivity index (χ0v) is 9.74. The van der Waals surface area contributed by atoms with Crippen molar-refractivity contribution < 1.29 is 5.11 Å². The third-order valence-corrected chi connectivity index (χ3v) is 3.46. The molecule has 1 aliphatic carbocycles. The second-order valence-corrected chi connectivity index (χ2v) is 4.52. The molecule has 0 spiro atoms. The van der Waals surface area contributed by atoms with E-state index in [1.807, 2.05) is 0 Å². The van der Waals surface area contributed by atoms with Gasteiger partial charge < -0.3 is 10.4 Å². The first-order valence-electron chi connectivity index (χ1n) is 5.95. The molecule has 2 unspecified atom stereocenters. The molecule has 16 heavy (non-hydrogen) atoms. The van der Waals surface area contributed by atoms with Gasteiger partial charge in [-0.2, -0.15) is 0 Å². The van der Waals surface area contributed by atoms with Crippen LogP contribution in [-0.4, -0.2) is 37.1 Å². The van der Waals surface area contributed by atoms with Gasteiger partial charge in [0.15, 0.2) is 0 Å². The van der Waals surface area contributed by atoms with E-state index in [1.165, 1.54) is 5.57 Å². The van der Waals surface area contributed by atoms with E-state index >= 15 is 0 Å². The third-order valence-electron chi connectivity index (χ3n) is 3.46. The molecule has 0 saturated carbocycles. The van der Waals surface area contributed by atoms with E-state index in [4.69, 9.17) is 5.11 Å². The highest BCUT2D eigenvalue weighted by molar-refractivity contribution is 5.21. The molecule has 0 aromatic rings. The topological polar surface area (TPSA) is 56.3 Å². The number of nitrogens with one attached hydrogen (secondary N) is 3. The Labute approximate surface area is 96.8 Å². The maximum atomic E-state index is 8.78. The van der Waals surface area contributed by atoms with Gasteiger partial charge in [0.05, 0.1) is 12.9 Å². The predicted molar refractivity (Wildman–Crippen MR) is 64.8 cm³/mol. The van der Waals surface area contributed by atoms with Gasteiger partial charge in [-0.3, -0.25) is 10.6 Å². The first-order chi connectivity index (χ1) is 7.81. The quantitative estimate of drug-likeness (QED) is 0.506. The van der Waals surface area contributed by atoms with Crippen molar-refractivity contribution in [3.63, 3.8) is 0 Å². The highest BCUT2D eigenvalue weighted by atomic mass is 16.3. The minimum atomic E-state index is 0.0229. The Balaban J connectivity index is 1.85. The normalized spacial score (nSPS) is 34.9. The van der Waals surface area contributed by atoms with Crippen molar-refractivity contribution in [3.8, 4) is 0 Å². The van der Waals surface area contributed by atoms with Crippen molar-refractivity contribution >= 4 is 0 Å². The molecule has 1 heterocycles. The second kappa shape index (κ2) is 5.59. The summed E-state index contributed by atoms with van der Waals surface area (Å²) in [4.78, 5) is 0. The van der Waals surface area contributed by atoms with E-state index in [1.54, 1.807) is 0 Å². The van der Waals surface area contributed by atoms with Crippen molar-refractivity contribution in [2.75, 3.05) is 19.8 Å². The van der Waals surface area contributed by atoms with Gasteiger partial charge in [-0.1, -0.05) is 23.8 Å². The van der Waals surface area contributed by atoms with Crippen molar-refractivity contribution in [1.29, 1.82) is 0 Å². The lowest BCUT2D eigenvalue weighted by Crippen LogP contribution is -2.61. The lowest BCUT2D eigenvalue weighted by atomic mass is 9.85. The van der Waals surface area contributed by atoms with Crippen molar-refractivity contribution in [3.05, 3.63) is 23.8 Å². The molecule has 1 aliphatic heterocycles. The van der Waals surface area contributed by atoms with Crippen molar-refractivity contribution in [2.45, 2.75) is 25.6 Å². The average molecular weight is 223 g/mol. The minimum absolute atomic E-state index is 0.0229. The maximum Gasteiger partial charge on any atom is 0.0943 e. The van der Waals surface area contributed by atoms with Crippen LogP contribution in [0.2, 0.25) is 0 Å². The van der Waals surface area contributed by atoms with Gasteiger partial charge in [0, 0.05) is 19.1 Å². The monoisotopic (exact) mass is 223 g/mol. The van der Waals surface area contributed by atoms with Gasteiger partial charge in [-0.15, -0.1) is 0 Å². The molecular formula is C12H21N3O. The van der Waals surface area contributed by atoms with Crippen LogP contribution in [0, 0.1) is 5.92 Å². The van der Waals surface area contributed by atoms with E-state index < -0.39 is 0 Å². The molecule has 1 saturated heterocycles. The molecule has 4 N–H and O–H groups in total. The summed E-state index contributed by atoms with van der Waals surface area (Å²) >= 11 is 0. The van der Waals surface area contributed by atoms with Crippen LogP contribution in [0.25, 0.3) is 0 Å². The summed E-state index contributed by atoms with van der Waals surface area (Å²) in [6, 6.07) is 0.498. The molecular weight excluding hydrogens is 202 g/mol. The third kappa shape index (κ3) is 2.71. The fourth-order valence-corrected chi connectivity index (χ4v) is 2.46. The predicted octanol–water partition coefficient (Wildman–Crippen LogP) is -0.0643. The molecule has 2 aliphatic rings. The van der Waals surface area contributed by atoms with Gasteiger partial charge >= 0.3 is 0 Å². The molecule has 0 bridgehead atoms. The van der Waals surface area contributed by atoms with Gasteiger partial charge in [-0.25, -0.2) is 0 Å². The van der Waals surface area contributed by atoms with Crippen LogP contribution in [0.4, 0.5) is 0 Å². The van der Waals surface area contributed by atoms with E-state index in [-0.39, 0.29) is 12.9 Å². The number of aliphatic hydroxyl groups is 1. The van der Waals surface area contributed by atoms with Crippen LogP contribution >= 0.6 is 0 Å². The molecule has 0 aromatic heterocycles. The standard InChI is InChI=1S/C12H21N3O/c1-9-4-2-3-5-10(9)11-6-14-12(7-13-11)15-8-16/h2-4,10-16H,5-8H2,1H3/t10?,11-,12?/m0/s1. The zero-order chi connectivity index (χ0) is 11.4. The van der Waals surface area contributed by atoms with Crippen LogP contribution in [-0.2, 0) is 0 Å². The van der Waals surface area contributed by atoms with Crippen LogP contribution in [0.1, 0.15) is 13.3 Å². The first-order valence-corrected chi connectivity index (χ1v) is 5.95. The lowest BCUT2D eigenvalue weighted by molar-refractivity contribution is 0.197. The number of aliphatic hydroxyl groups excluding tert-OH is 1. The number of allylic oxidation sites excluding steroid dienone is 3. The Bertz CT molecular complexity index is 280. The number of piperazine rings is 1.